The van der Waals surface area contributed by atoms with E-state index in [-0.39, 0.29) is 0 Å². The zero-order valence-corrected chi connectivity index (χ0v) is 14.8. The van der Waals surface area contributed by atoms with E-state index in [1.165, 1.54) is 0 Å². The minimum Gasteiger partial charge on any atom is -0.489 e. The molecular formula is C20H25NO4. The summed E-state index contributed by atoms with van der Waals surface area (Å²) in [5, 5.41) is 9.80. The van der Waals surface area contributed by atoms with E-state index in [0.29, 0.717) is 17.9 Å². The average molecular weight is 343 g/mol. The van der Waals surface area contributed by atoms with E-state index < -0.39 is 23.7 Å². The molecule has 0 amide bonds. The van der Waals surface area contributed by atoms with Crippen LogP contribution in [0.5, 0.6) is 5.75 Å². The van der Waals surface area contributed by atoms with Crippen molar-refractivity contribution in [3.8, 4) is 5.75 Å². The molecule has 0 spiro atoms. The van der Waals surface area contributed by atoms with Crippen molar-refractivity contribution in [2.24, 2.45) is 5.73 Å². The molecule has 0 bridgehead atoms. The predicted molar refractivity (Wildman–Crippen MR) is 96.0 cm³/mol. The van der Waals surface area contributed by atoms with Gasteiger partial charge in [0.25, 0.3) is 0 Å². The third-order valence-electron chi connectivity index (χ3n) is 3.49. The number of ether oxygens (including phenoxy) is 2. The Kier molecular flexibility index (Phi) is 6.17. The number of rotatable bonds is 6. The van der Waals surface area contributed by atoms with Crippen LogP contribution in [0.4, 0.5) is 0 Å². The van der Waals surface area contributed by atoms with Crippen LogP contribution in [0.1, 0.15) is 37.8 Å². The molecule has 5 heteroatoms. The number of aliphatic hydroxyl groups is 1. The van der Waals surface area contributed by atoms with Crippen LogP contribution in [-0.2, 0) is 16.1 Å². The smallest absolute Gasteiger partial charge is 0.318 e. The van der Waals surface area contributed by atoms with E-state index in [0.717, 1.165) is 5.56 Å². The predicted octanol–water partition coefficient (Wildman–Crippen LogP) is 2.97. The maximum atomic E-state index is 12.3. The largest absolute Gasteiger partial charge is 0.489 e. The third-order valence-corrected chi connectivity index (χ3v) is 3.49. The highest BCUT2D eigenvalue weighted by molar-refractivity contribution is 5.79. The fraction of sp³-hybridized carbons (Fsp3) is 0.350. The summed E-state index contributed by atoms with van der Waals surface area (Å²) >= 11 is 0. The van der Waals surface area contributed by atoms with Crippen molar-refractivity contribution in [1.82, 2.24) is 0 Å². The molecule has 0 aliphatic heterocycles. The molecule has 0 radical (unpaired) electrons. The second-order valence-corrected chi connectivity index (χ2v) is 6.85. The van der Waals surface area contributed by atoms with E-state index in [4.69, 9.17) is 15.2 Å². The molecule has 2 unspecified atom stereocenters. The molecule has 0 saturated carbocycles. The molecule has 134 valence electrons. The Labute approximate surface area is 148 Å². The van der Waals surface area contributed by atoms with Crippen LogP contribution in [-0.4, -0.2) is 22.9 Å². The number of carbonyl (C=O) groups is 1. The molecular weight excluding hydrogens is 318 g/mol. The molecule has 3 N–H and O–H groups in total. The van der Waals surface area contributed by atoms with Gasteiger partial charge in [-0.15, -0.1) is 0 Å². The Bertz CT molecular complexity index is 675. The first-order chi connectivity index (χ1) is 11.8. The summed E-state index contributed by atoms with van der Waals surface area (Å²) in [6, 6.07) is 16.8. The van der Waals surface area contributed by atoms with Gasteiger partial charge in [0.2, 0.25) is 0 Å². The SMILES string of the molecule is CC(C)(C)OC(=O)C(c1ccc(OCc2ccccc2)cc1)C(N)O. The molecule has 2 aromatic carbocycles. The Hall–Kier alpha value is -2.37. The van der Waals surface area contributed by atoms with Crippen LogP contribution < -0.4 is 10.5 Å². The lowest BCUT2D eigenvalue weighted by molar-refractivity contribution is -0.159. The van der Waals surface area contributed by atoms with Crippen molar-refractivity contribution in [2.45, 2.75) is 45.1 Å². The highest BCUT2D eigenvalue weighted by atomic mass is 16.6. The first-order valence-corrected chi connectivity index (χ1v) is 8.19. The Morgan fingerprint density at radius 2 is 1.68 bits per heavy atom. The summed E-state index contributed by atoms with van der Waals surface area (Å²) in [4.78, 5) is 12.3. The molecule has 25 heavy (non-hydrogen) atoms. The topological polar surface area (TPSA) is 81.8 Å². The maximum Gasteiger partial charge on any atom is 0.318 e. The molecule has 0 fully saturated rings. The van der Waals surface area contributed by atoms with Crippen LogP contribution in [0.25, 0.3) is 0 Å². The van der Waals surface area contributed by atoms with Gasteiger partial charge < -0.3 is 20.3 Å². The third kappa shape index (κ3) is 5.89. The summed E-state index contributed by atoms with van der Waals surface area (Å²) in [7, 11) is 0. The minimum absolute atomic E-state index is 0.454. The molecule has 0 saturated heterocycles. The second kappa shape index (κ2) is 8.14. The Morgan fingerprint density at radius 3 is 2.20 bits per heavy atom. The van der Waals surface area contributed by atoms with Crippen molar-refractivity contribution >= 4 is 5.97 Å². The van der Waals surface area contributed by atoms with Crippen LogP contribution >= 0.6 is 0 Å². The van der Waals surface area contributed by atoms with Crippen LogP contribution in [0, 0.1) is 0 Å². The van der Waals surface area contributed by atoms with E-state index in [9.17, 15) is 9.90 Å². The van der Waals surface area contributed by atoms with Gasteiger partial charge in [-0.3, -0.25) is 4.79 Å². The minimum atomic E-state index is -1.34. The van der Waals surface area contributed by atoms with Crippen molar-refractivity contribution in [3.63, 3.8) is 0 Å². The van der Waals surface area contributed by atoms with Crippen LogP contribution in [0.2, 0.25) is 0 Å². The number of carbonyl (C=O) groups excluding carboxylic acids is 1. The van der Waals surface area contributed by atoms with Gasteiger partial charge in [-0.2, -0.15) is 0 Å². The van der Waals surface area contributed by atoms with E-state index in [1.807, 2.05) is 30.3 Å². The molecule has 0 aliphatic rings. The fourth-order valence-corrected chi connectivity index (χ4v) is 2.35. The summed E-state index contributed by atoms with van der Waals surface area (Å²) in [5.41, 5.74) is 6.58. The standard InChI is InChI=1S/C20H25NO4/c1-20(2,3)25-19(23)17(18(21)22)15-9-11-16(12-10-15)24-13-14-7-5-4-6-8-14/h4-12,17-18,22H,13,21H2,1-3H3. The molecule has 2 aromatic rings. The van der Waals surface area contributed by atoms with E-state index in [2.05, 4.69) is 0 Å². The molecule has 2 atom stereocenters. The Balaban J connectivity index is 2.06. The maximum absolute atomic E-state index is 12.3. The highest BCUT2D eigenvalue weighted by Gasteiger charge is 2.30. The first-order valence-electron chi connectivity index (χ1n) is 8.19. The number of nitrogens with two attached hydrogens (primary N) is 1. The molecule has 0 aliphatic carbocycles. The van der Waals surface area contributed by atoms with Crippen molar-refractivity contribution in [2.75, 3.05) is 0 Å². The quantitative estimate of drug-likeness (QED) is 0.622. The van der Waals surface area contributed by atoms with Crippen molar-refractivity contribution < 1.29 is 19.4 Å². The summed E-state index contributed by atoms with van der Waals surface area (Å²) < 4.78 is 11.1. The number of esters is 1. The van der Waals surface area contributed by atoms with Crippen LogP contribution in [0.15, 0.2) is 54.6 Å². The summed E-state index contributed by atoms with van der Waals surface area (Å²) in [5.74, 6) is -0.829. The second-order valence-electron chi connectivity index (χ2n) is 6.85. The average Bonchev–Trinajstić information content (AvgIpc) is 2.53. The monoisotopic (exact) mass is 343 g/mol. The van der Waals surface area contributed by atoms with Gasteiger partial charge in [0, 0.05) is 0 Å². The first kappa shape index (κ1) is 19.0. The summed E-state index contributed by atoms with van der Waals surface area (Å²) in [6.07, 6.45) is -1.34. The molecule has 5 nitrogen and oxygen atoms in total. The molecule has 0 aromatic heterocycles. The molecule has 0 heterocycles. The van der Waals surface area contributed by atoms with Gasteiger partial charge in [-0.05, 0) is 44.0 Å². The van der Waals surface area contributed by atoms with Gasteiger partial charge in [0.1, 0.15) is 30.1 Å². The molecule has 2 rings (SSSR count). The number of benzene rings is 2. The van der Waals surface area contributed by atoms with Gasteiger partial charge in [0.15, 0.2) is 0 Å². The van der Waals surface area contributed by atoms with Gasteiger partial charge in [-0.1, -0.05) is 42.5 Å². The lowest BCUT2D eigenvalue weighted by Crippen LogP contribution is -2.37. The normalized spacial score (nSPS) is 13.8. The summed E-state index contributed by atoms with van der Waals surface area (Å²) in [6.45, 7) is 5.76. The lowest BCUT2D eigenvalue weighted by atomic mass is 9.97. The van der Waals surface area contributed by atoms with Gasteiger partial charge in [0.05, 0.1) is 0 Å². The zero-order chi connectivity index (χ0) is 18.4. The van der Waals surface area contributed by atoms with Crippen molar-refractivity contribution in [1.29, 1.82) is 0 Å². The highest BCUT2D eigenvalue weighted by Crippen LogP contribution is 2.25. The van der Waals surface area contributed by atoms with Gasteiger partial charge >= 0.3 is 5.97 Å². The lowest BCUT2D eigenvalue weighted by Gasteiger charge is -2.25. The van der Waals surface area contributed by atoms with Gasteiger partial charge in [-0.25, -0.2) is 0 Å². The zero-order valence-electron chi connectivity index (χ0n) is 14.8. The number of hydrogen-bond acceptors (Lipinski definition) is 5. The van der Waals surface area contributed by atoms with E-state index in [1.54, 1.807) is 45.0 Å². The number of aliphatic hydroxyl groups excluding tert-OH is 1. The van der Waals surface area contributed by atoms with Crippen molar-refractivity contribution in [3.05, 3.63) is 65.7 Å². The Morgan fingerprint density at radius 1 is 1.08 bits per heavy atom. The fourth-order valence-electron chi connectivity index (χ4n) is 2.35. The van der Waals surface area contributed by atoms with Crippen LogP contribution in [0.3, 0.4) is 0 Å². The van der Waals surface area contributed by atoms with E-state index >= 15 is 0 Å². The number of hydrogen-bond donors (Lipinski definition) is 2.